The number of primary amides is 1. The summed E-state index contributed by atoms with van der Waals surface area (Å²) in [5, 5.41) is 0.251. The molecule has 0 fully saturated rings. The number of rotatable bonds is 4. The van der Waals surface area contributed by atoms with E-state index >= 15 is 0 Å². The Morgan fingerprint density at radius 1 is 1.38 bits per heavy atom. The molecule has 26 heavy (non-hydrogen) atoms. The highest BCUT2D eigenvalue weighted by atomic mass is 35.5. The number of amides is 2. The zero-order chi connectivity index (χ0) is 19.0. The van der Waals surface area contributed by atoms with Crippen LogP contribution in [-0.2, 0) is 11.2 Å². The van der Waals surface area contributed by atoms with Gasteiger partial charge in [-0.3, -0.25) is 9.59 Å². The van der Waals surface area contributed by atoms with Gasteiger partial charge in [-0.1, -0.05) is 23.2 Å². The van der Waals surface area contributed by atoms with Crippen molar-refractivity contribution in [2.24, 2.45) is 5.73 Å². The van der Waals surface area contributed by atoms with E-state index in [4.69, 9.17) is 28.9 Å². The Balaban J connectivity index is 2.09. The summed E-state index contributed by atoms with van der Waals surface area (Å²) < 4.78 is 14.2. The average Bonchev–Trinajstić information content (AvgIpc) is 2.99. The van der Waals surface area contributed by atoms with Crippen molar-refractivity contribution >= 4 is 35.0 Å². The van der Waals surface area contributed by atoms with Crippen molar-refractivity contribution < 1.29 is 14.0 Å². The van der Waals surface area contributed by atoms with Crippen molar-refractivity contribution in [1.29, 1.82) is 0 Å². The van der Waals surface area contributed by atoms with Gasteiger partial charge in [0.15, 0.2) is 0 Å². The molecule has 3 rings (SSSR count). The molecular formula is C18H16Cl2FN3O2. The number of nitrogens with two attached hydrogens (primary N) is 1. The van der Waals surface area contributed by atoms with Crippen LogP contribution in [-0.4, -0.2) is 27.7 Å². The van der Waals surface area contributed by atoms with Gasteiger partial charge in [-0.2, -0.15) is 0 Å². The van der Waals surface area contributed by atoms with Crippen LogP contribution in [0.3, 0.4) is 0 Å². The molecule has 2 atom stereocenters. The first-order chi connectivity index (χ1) is 12.3. The van der Waals surface area contributed by atoms with Crippen LogP contribution in [0.2, 0.25) is 10.2 Å². The van der Waals surface area contributed by atoms with Gasteiger partial charge < -0.3 is 10.6 Å². The predicted octanol–water partition coefficient (Wildman–Crippen LogP) is 3.53. The molecule has 1 aromatic carbocycles. The molecular weight excluding hydrogens is 380 g/mol. The number of benzene rings is 1. The number of hydrogen-bond donors (Lipinski definition) is 1. The normalized spacial score (nSPS) is 16.8. The van der Waals surface area contributed by atoms with Gasteiger partial charge in [-0.25, -0.2) is 9.37 Å². The number of pyridine rings is 1. The van der Waals surface area contributed by atoms with Crippen molar-refractivity contribution in [3.8, 4) is 0 Å². The first-order valence-corrected chi connectivity index (χ1v) is 8.77. The molecule has 5 nitrogen and oxygen atoms in total. The van der Waals surface area contributed by atoms with E-state index in [0.29, 0.717) is 24.0 Å². The Hall–Kier alpha value is -2.18. The lowest BCUT2D eigenvalue weighted by Crippen LogP contribution is -2.47. The highest BCUT2D eigenvalue weighted by Gasteiger charge is 2.38. The molecule has 0 aliphatic heterocycles. The number of carbonyl (C=O) groups excluding carboxylic acids is 2. The lowest BCUT2D eigenvalue weighted by Gasteiger charge is -2.34. The summed E-state index contributed by atoms with van der Waals surface area (Å²) in [6.45, 7) is 1.53. The summed E-state index contributed by atoms with van der Waals surface area (Å²) in [7, 11) is 0. The van der Waals surface area contributed by atoms with E-state index in [0.717, 1.165) is 0 Å². The number of hydrogen-bond acceptors (Lipinski definition) is 3. The van der Waals surface area contributed by atoms with Gasteiger partial charge in [0.25, 0.3) is 5.91 Å². The number of nitrogens with zero attached hydrogens (tertiary/aromatic N) is 2. The second kappa shape index (κ2) is 7.21. The molecule has 1 aromatic heterocycles. The molecule has 0 saturated carbocycles. The van der Waals surface area contributed by atoms with E-state index < -0.39 is 29.7 Å². The van der Waals surface area contributed by atoms with E-state index in [9.17, 15) is 14.0 Å². The van der Waals surface area contributed by atoms with Crippen molar-refractivity contribution in [1.82, 2.24) is 9.88 Å². The monoisotopic (exact) mass is 395 g/mol. The van der Waals surface area contributed by atoms with Gasteiger partial charge in [0.2, 0.25) is 5.91 Å². The molecule has 1 aliphatic rings. The fourth-order valence-corrected chi connectivity index (χ4v) is 3.73. The number of carbonyl (C=O) groups is 2. The Kier molecular flexibility index (Phi) is 5.16. The molecule has 136 valence electrons. The minimum absolute atomic E-state index is 0.0228. The molecule has 0 radical (unpaired) electrons. The minimum atomic E-state index is -0.920. The molecule has 2 N–H and O–H groups in total. The van der Waals surface area contributed by atoms with E-state index in [1.807, 2.05) is 0 Å². The highest BCUT2D eigenvalue weighted by Crippen LogP contribution is 2.40. The summed E-state index contributed by atoms with van der Waals surface area (Å²) in [5.41, 5.74) is 6.68. The third kappa shape index (κ3) is 3.27. The summed E-state index contributed by atoms with van der Waals surface area (Å²) in [6.07, 6.45) is 2.34. The van der Waals surface area contributed by atoms with Gasteiger partial charge >= 0.3 is 0 Å². The molecule has 8 heteroatoms. The van der Waals surface area contributed by atoms with Crippen molar-refractivity contribution in [2.45, 2.75) is 31.8 Å². The van der Waals surface area contributed by atoms with Gasteiger partial charge in [0.1, 0.15) is 17.0 Å². The van der Waals surface area contributed by atoms with Crippen LogP contribution >= 0.6 is 23.2 Å². The summed E-state index contributed by atoms with van der Waals surface area (Å²) in [4.78, 5) is 30.2. The molecule has 0 bridgehead atoms. The van der Waals surface area contributed by atoms with Crippen molar-refractivity contribution in [3.63, 3.8) is 0 Å². The summed E-state index contributed by atoms with van der Waals surface area (Å²) in [5.74, 6) is -1.59. The second-order valence-corrected chi connectivity index (χ2v) is 6.94. The SMILES string of the molecule is C[C@H](C(N)=O)N(C(=O)c1cccnc1Cl)[C@@H]1CCc2c(F)cc(Cl)cc21. The van der Waals surface area contributed by atoms with E-state index in [2.05, 4.69) is 4.98 Å². The van der Waals surface area contributed by atoms with Crippen LogP contribution in [0.4, 0.5) is 4.39 Å². The molecule has 0 spiro atoms. The van der Waals surface area contributed by atoms with Gasteiger partial charge in [-0.05, 0) is 55.2 Å². The summed E-state index contributed by atoms with van der Waals surface area (Å²) >= 11 is 12.0. The first-order valence-electron chi connectivity index (χ1n) is 8.01. The quantitative estimate of drug-likeness (QED) is 0.804. The van der Waals surface area contributed by atoms with E-state index in [1.165, 1.54) is 30.2 Å². The van der Waals surface area contributed by atoms with Crippen LogP contribution in [0.1, 0.15) is 40.9 Å². The molecule has 1 heterocycles. The van der Waals surface area contributed by atoms with Gasteiger partial charge in [0.05, 0.1) is 11.6 Å². The maximum absolute atomic E-state index is 14.2. The van der Waals surface area contributed by atoms with Crippen LogP contribution in [0.5, 0.6) is 0 Å². The highest BCUT2D eigenvalue weighted by molar-refractivity contribution is 6.32. The lowest BCUT2D eigenvalue weighted by atomic mass is 10.0. The predicted molar refractivity (Wildman–Crippen MR) is 96.5 cm³/mol. The topological polar surface area (TPSA) is 76.3 Å². The zero-order valence-corrected chi connectivity index (χ0v) is 15.4. The number of fused-ring (bicyclic) bond motifs is 1. The average molecular weight is 396 g/mol. The molecule has 2 aromatic rings. The molecule has 1 aliphatic carbocycles. The standard InChI is InChI=1S/C18H16Cl2FN3O2/c1-9(17(22)25)24(18(26)12-3-2-6-23-16(12)20)15-5-4-11-13(15)7-10(19)8-14(11)21/h2-3,6-9,15H,4-5H2,1H3,(H2,22,25)/t9-,15-/m1/s1. The van der Waals surface area contributed by atoms with Crippen LogP contribution in [0.15, 0.2) is 30.5 Å². The minimum Gasteiger partial charge on any atom is -0.368 e. The third-order valence-corrected chi connectivity index (χ3v) is 5.13. The zero-order valence-electron chi connectivity index (χ0n) is 13.9. The van der Waals surface area contributed by atoms with E-state index in [1.54, 1.807) is 12.1 Å². The fraction of sp³-hybridized carbons (Fsp3) is 0.278. The van der Waals surface area contributed by atoms with Crippen LogP contribution in [0, 0.1) is 5.82 Å². The number of aromatic nitrogens is 1. The maximum Gasteiger partial charge on any atom is 0.258 e. The Morgan fingerprint density at radius 2 is 2.12 bits per heavy atom. The Morgan fingerprint density at radius 3 is 2.77 bits per heavy atom. The molecule has 2 amide bonds. The van der Waals surface area contributed by atoms with Crippen molar-refractivity contribution in [3.05, 3.63) is 63.1 Å². The van der Waals surface area contributed by atoms with Crippen LogP contribution in [0.25, 0.3) is 0 Å². The first kappa shape index (κ1) is 18.6. The summed E-state index contributed by atoms with van der Waals surface area (Å²) in [6, 6.07) is 4.50. The second-order valence-electron chi connectivity index (χ2n) is 6.14. The largest absolute Gasteiger partial charge is 0.368 e. The number of halogens is 3. The van der Waals surface area contributed by atoms with Crippen LogP contribution < -0.4 is 5.73 Å². The molecule has 0 unspecified atom stereocenters. The van der Waals surface area contributed by atoms with Gasteiger partial charge in [-0.15, -0.1) is 0 Å². The molecule has 0 saturated heterocycles. The smallest absolute Gasteiger partial charge is 0.258 e. The maximum atomic E-state index is 14.2. The Labute approximate surface area is 159 Å². The van der Waals surface area contributed by atoms with Gasteiger partial charge in [0, 0.05) is 11.2 Å². The van der Waals surface area contributed by atoms with E-state index in [-0.39, 0.29) is 15.7 Å². The van der Waals surface area contributed by atoms with Crippen molar-refractivity contribution in [2.75, 3.05) is 0 Å². The lowest BCUT2D eigenvalue weighted by molar-refractivity contribution is -0.122. The Bertz CT molecular complexity index is 891. The third-order valence-electron chi connectivity index (χ3n) is 4.61. The fourth-order valence-electron chi connectivity index (χ4n) is 3.32.